The van der Waals surface area contributed by atoms with Crippen LogP contribution in [0, 0.1) is 0 Å². The number of carbonyl (C=O) groups is 2. The number of methoxy groups -OCH3 is 1. The quantitative estimate of drug-likeness (QED) is 0.512. The summed E-state index contributed by atoms with van der Waals surface area (Å²) in [5.74, 6) is 0.762. The minimum absolute atomic E-state index is 0.175. The molecule has 6 heteroatoms. The largest absolute Gasteiger partial charge is 0.496 e. The maximum absolute atomic E-state index is 13.1. The van der Waals surface area contributed by atoms with E-state index in [2.05, 4.69) is 0 Å². The Labute approximate surface area is 156 Å². The number of fused-ring (bicyclic) bond motifs is 1. The molecule has 0 atom stereocenters. The molecule has 0 aliphatic rings. The number of ether oxygens (including phenoxy) is 1. The zero-order valence-electron chi connectivity index (χ0n) is 14.8. The molecule has 134 valence electrons. The number of benzene rings is 2. The second-order valence-electron chi connectivity index (χ2n) is 6.10. The van der Waals surface area contributed by atoms with Crippen molar-refractivity contribution in [3.63, 3.8) is 0 Å². The highest BCUT2D eigenvalue weighted by molar-refractivity contribution is 6.19. The van der Waals surface area contributed by atoms with Gasteiger partial charge in [0.2, 0.25) is 0 Å². The normalized spacial score (nSPS) is 10.8. The third kappa shape index (κ3) is 3.06. The second-order valence-corrected chi connectivity index (χ2v) is 6.37. The van der Waals surface area contributed by atoms with Crippen molar-refractivity contribution in [3.8, 4) is 5.75 Å². The fourth-order valence-electron chi connectivity index (χ4n) is 2.87. The van der Waals surface area contributed by atoms with Crippen LogP contribution in [-0.2, 0) is 5.88 Å². The van der Waals surface area contributed by atoms with E-state index < -0.39 is 0 Å². The van der Waals surface area contributed by atoms with Crippen LogP contribution in [0.5, 0.6) is 5.75 Å². The van der Waals surface area contributed by atoms with Crippen molar-refractivity contribution in [1.29, 1.82) is 0 Å². The van der Waals surface area contributed by atoms with Crippen molar-refractivity contribution in [2.75, 3.05) is 21.2 Å². The van der Waals surface area contributed by atoms with Crippen LogP contribution in [-0.4, -0.2) is 42.5 Å². The van der Waals surface area contributed by atoms with Gasteiger partial charge in [-0.15, -0.1) is 11.6 Å². The van der Waals surface area contributed by atoms with Crippen molar-refractivity contribution in [2.24, 2.45) is 0 Å². The van der Waals surface area contributed by atoms with Crippen LogP contribution < -0.4 is 4.74 Å². The van der Waals surface area contributed by atoms with Crippen LogP contribution in [0.2, 0.25) is 0 Å². The van der Waals surface area contributed by atoms with E-state index in [-0.39, 0.29) is 11.8 Å². The first-order valence-electron chi connectivity index (χ1n) is 8.07. The highest BCUT2D eigenvalue weighted by Gasteiger charge is 2.22. The van der Waals surface area contributed by atoms with E-state index in [1.165, 1.54) is 9.47 Å². The average molecular weight is 371 g/mol. The first-order chi connectivity index (χ1) is 12.5. The number of nitrogens with zero attached hydrogens (tertiary/aromatic N) is 2. The van der Waals surface area contributed by atoms with Crippen molar-refractivity contribution in [3.05, 3.63) is 65.4 Å². The van der Waals surface area contributed by atoms with Gasteiger partial charge in [0.05, 0.1) is 23.6 Å². The predicted molar refractivity (Wildman–Crippen MR) is 102 cm³/mol. The molecule has 3 rings (SSSR count). The van der Waals surface area contributed by atoms with Crippen molar-refractivity contribution < 1.29 is 14.3 Å². The summed E-state index contributed by atoms with van der Waals surface area (Å²) < 4.78 is 6.91. The minimum atomic E-state index is -0.236. The highest BCUT2D eigenvalue weighted by atomic mass is 35.5. The van der Waals surface area contributed by atoms with Gasteiger partial charge in [-0.1, -0.05) is 30.3 Å². The van der Waals surface area contributed by atoms with E-state index in [9.17, 15) is 9.59 Å². The third-order valence-corrected chi connectivity index (χ3v) is 4.52. The number of aromatic nitrogens is 1. The molecule has 3 aromatic rings. The summed E-state index contributed by atoms with van der Waals surface area (Å²) in [5, 5.41) is 0.622. The smallest absolute Gasteiger partial charge is 0.328 e. The number of hydrogen-bond donors (Lipinski definition) is 0. The topological polar surface area (TPSA) is 51.5 Å². The van der Waals surface area contributed by atoms with Gasteiger partial charge in [-0.05, 0) is 17.7 Å². The SMILES string of the molecule is COc1cccc2c1c(C(=O)c1ccc(CCl)cc1)cn2C(=O)N(C)C. The molecule has 1 amide bonds. The Bertz CT molecular complexity index is 975. The molecular weight excluding hydrogens is 352 g/mol. The Morgan fingerprint density at radius 2 is 1.81 bits per heavy atom. The highest BCUT2D eigenvalue weighted by Crippen LogP contribution is 2.32. The number of hydrogen-bond acceptors (Lipinski definition) is 3. The zero-order valence-corrected chi connectivity index (χ0v) is 15.6. The monoisotopic (exact) mass is 370 g/mol. The number of carbonyl (C=O) groups excluding carboxylic acids is 2. The van der Waals surface area contributed by atoms with Crippen LogP contribution in [0.3, 0.4) is 0 Å². The first kappa shape index (κ1) is 18.0. The van der Waals surface area contributed by atoms with Crippen LogP contribution >= 0.6 is 11.6 Å². The van der Waals surface area contributed by atoms with Crippen molar-refractivity contribution >= 4 is 34.3 Å². The summed E-state index contributed by atoms with van der Waals surface area (Å²) in [6.45, 7) is 0. The molecule has 26 heavy (non-hydrogen) atoms. The lowest BCUT2D eigenvalue weighted by Crippen LogP contribution is -2.26. The zero-order chi connectivity index (χ0) is 18.8. The molecule has 1 heterocycles. The molecule has 0 aliphatic carbocycles. The summed E-state index contributed by atoms with van der Waals surface area (Å²) in [6.07, 6.45) is 1.58. The fraction of sp³-hybridized carbons (Fsp3) is 0.200. The average Bonchev–Trinajstić information content (AvgIpc) is 3.06. The molecule has 0 spiro atoms. The van der Waals surface area contributed by atoms with E-state index in [4.69, 9.17) is 16.3 Å². The Hall–Kier alpha value is -2.79. The van der Waals surface area contributed by atoms with Gasteiger partial charge >= 0.3 is 6.03 Å². The molecule has 5 nitrogen and oxygen atoms in total. The molecular formula is C20H19ClN2O3. The molecule has 1 aromatic heterocycles. The van der Waals surface area contributed by atoms with E-state index in [0.717, 1.165) is 5.56 Å². The summed E-state index contributed by atoms with van der Waals surface area (Å²) in [7, 11) is 4.88. The van der Waals surface area contributed by atoms with E-state index in [1.807, 2.05) is 12.1 Å². The van der Waals surface area contributed by atoms with E-state index in [0.29, 0.717) is 33.7 Å². The van der Waals surface area contributed by atoms with Gasteiger partial charge < -0.3 is 9.64 Å². The molecule has 0 saturated heterocycles. The van der Waals surface area contributed by atoms with Gasteiger partial charge in [0.15, 0.2) is 5.78 Å². The number of ketones is 1. The second kappa shape index (κ2) is 7.22. The summed E-state index contributed by atoms with van der Waals surface area (Å²) in [4.78, 5) is 27.1. The maximum Gasteiger partial charge on any atom is 0.328 e. The number of amides is 1. The maximum atomic E-state index is 13.1. The molecule has 0 unspecified atom stereocenters. The molecule has 0 saturated carbocycles. The van der Waals surface area contributed by atoms with Gasteiger partial charge in [0, 0.05) is 31.7 Å². The lowest BCUT2D eigenvalue weighted by molar-refractivity contribution is 0.104. The van der Waals surface area contributed by atoms with Gasteiger partial charge in [-0.25, -0.2) is 4.79 Å². The van der Waals surface area contributed by atoms with Crippen molar-refractivity contribution in [1.82, 2.24) is 9.47 Å². The third-order valence-electron chi connectivity index (χ3n) is 4.21. The Morgan fingerprint density at radius 3 is 2.38 bits per heavy atom. The molecule has 0 fully saturated rings. The van der Waals surface area contributed by atoms with Gasteiger partial charge in [-0.2, -0.15) is 0 Å². The molecule has 0 radical (unpaired) electrons. The lowest BCUT2D eigenvalue weighted by Gasteiger charge is -2.11. The van der Waals surface area contributed by atoms with Crippen LogP contribution in [0.25, 0.3) is 10.9 Å². The standard InChI is InChI=1S/C20H19ClN2O3/c1-22(2)20(25)23-12-15(18-16(23)5-4-6-17(18)26-3)19(24)14-9-7-13(11-21)8-10-14/h4-10,12H,11H2,1-3H3. The first-order valence-corrected chi connectivity index (χ1v) is 8.60. The van der Waals surface area contributed by atoms with Gasteiger partial charge in [-0.3, -0.25) is 9.36 Å². The number of alkyl halides is 1. The van der Waals surface area contributed by atoms with Crippen LogP contribution in [0.1, 0.15) is 21.5 Å². The molecule has 0 aliphatic heterocycles. The molecule has 2 aromatic carbocycles. The van der Waals surface area contributed by atoms with Crippen LogP contribution in [0.15, 0.2) is 48.7 Å². The van der Waals surface area contributed by atoms with Crippen LogP contribution in [0.4, 0.5) is 4.79 Å². The Balaban J connectivity index is 2.20. The summed E-state index contributed by atoms with van der Waals surface area (Å²) >= 11 is 5.81. The Morgan fingerprint density at radius 1 is 1.12 bits per heavy atom. The lowest BCUT2D eigenvalue weighted by atomic mass is 10.0. The summed E-state index contributed by atoms with van der Waals surface area (Å²) in [5.41, 5.74) is 2.52. The molecule has 0 N–H and O–H groups in total. The predicted octanol–water partition coefficient (Wildman–Crippen LogP) is 4.15. The van der Waals surface area contributed by atoms with E-state index in [1.54, 1.807) is 57.7 Å². The fourth-order valence-corrected chi connectivity index (χ4v) is 3.05. The Kier molecular flexibility index (Phi) is 5.00. The number of rotatable bonds is 4. The summed E-state index contributed by atoms with van der Waals surface area (Å²) in [6, 6.07) is 12.3. The minimum Gasteiger partial charge on any atom is -0.496 e. The molecule has 0 bridgehead atoms. The van der Waals surface area contributed by atoms with E-state index >= 15 is 0 Å². The number of halogens is 1. The van der Waals surface area contributed by atoms with Gasteiger partial charge in [0.25, 0.3) is 0 Å². The van der Waals surface area contributed by atoms with Gasteiger partial charge in [0.1, 0.15) is 5.75 Å². The van der Waals surface area contributed by atoms with Crippen molar-refractivity contribution in [2.45, 2.75) is 5.88 Å².